The smallest absolute Gasteiger partial charge is 0.328 e. The molecule has 0 fully saturated rings. The summed E-state index contributed by atoms with van der Waals surface area (Å²) in [6.07, 6.45) is 2.71. The van der Waals surface area contributed by atoms with Crippen LogP contribution in [0.2, 0.25) is 0 Å². The van der Waals surface area contributed by atoms with Gasteiger partial charge in [0.25, 0.3) is 0 Å². The fourth-order valence-electron chi connectivity index (χ4n) is 2.91. The highest BCUT2D eigenvalue weighted by atomic mass is 16.5. The number of carbonyl (C=O) groups is 1. The van der Waals surface area contributed by atoms with Gasteiger partial charge in [0.2, 0.25) is 0 Å². The average molecular weight is 338 g/mol. The van der Waals surface area contributed by atoms with E-state index >= 15 is 0 Å². The van der Waals surface area contributed by atoms with Crippen molar-refractivity contribution in [3.05, 3.63) is 48.0 Å². The molecule has 0 amide bonds. The van der Waals surface area contributed by atoms with Crippen molar-refractivity contribution in [3.8, 4) is 17.2 Å². The summed E-state index contributed by atoms with van der Waals surface area (Å²) in [4.78, 5) is 10.9. The molecule has 0 aliphatic heterocycles. The van der Waals surface area contributed by atoms with E-state index in [4.69, 9.17) is 19.3 Å². The first kappa shape index (κ1) is 16.6. The van der Waals surface area contributed by atoms with Gasteiger partial charge in [0, 0.05) is 6.08 Å². The lowest BCUT2D eigenvalue weighted by molar-refractivity contribution is -0.131. The monoisotopic (exact) mass is 338 g/mol. The van der Waals surface area contributed by atoms with Gasteiger partial charge in [-0.25, -0.2) is 4.79 Å². The third-order valence-corrected chi connectivity index (χ3v) is 4.10. The van der Waals surface area contributed by atoms with Gasteiger partial charge in [-0.3, -0.25) is 0 Å². The first-order valence-electron chi connectivity index (χ1n) is 7.65. The average Bonchev–Trinajstić information content (AvgIpc) is 2.64. The van der Waals surface area contributed by atoms with Gasteiger partial charge in [-0.05, 0) is 63.5 Å². The van der Waals surface area contributed by atoms with Gasteiger partial charge in [0.15, 0.2) is 11.5 Å². The number of fused-ring (bicyclic) bond motifs is 3. The van der Waals surface area contributed by atoms with Crippen LogP contribution >= 0.6 is 0 Å². The predicted octanol–water partition coefficient (Wildman–Crippen LogP) is 4.12. The molecule has 0 spiro atoms. The number of benzene rings is 3. The molecule has 128 valence electrons. The van der Waals surface area contributed by atoms with Crippen LogP contribution in [0.5, 0.6) is 17.2 Å². The Labute approximate surface area is 145 Å². The van der Waals surface area contributed by atoms with Gasteiger partial charge < -0.3 is 19.3 Å². The minimum Gasteiger partial charge on any atom is -0.497 e. The highest BCUT2D eigenvalue weighted by molar-refractivity contribution is 6.12. The molecule has 25 heavy (non-hydrogen) atoms. The standard InChI is InChI=1S/C20H18O5/c1-23-14-6-4-12-8-13(5-7-20(21)22)16-10-18(24-2)19(25-3)11-17(16)15(12)9-14/h4-11H,1-3H3,(H,21,22)/b7-5+. The number of rotatable bonds is 5. The van der Waals surface area contributed by atoms with E-state index in [1.54, 1.807) is 27.4 Å². The summed E-state index contributed by atoms with van der Waals surface area (Å²) in [5.74, 6) is 0.946. The molecule has 0 saturated carbocycles. The maximum absolute atomic E-state index is 10.9. The van der Waals surface area contributed by atoms with Crippen LogP contribution in [0.25, 0.3) is 27.6 Å². The van der Waals surface area contributed by atoms with Crippen LogP contribution in [0.3, 0.4) is 0 Å². The van der Waals surface area contributed by atoms with Crippen LogP contribution in [-0.2, 0) is 4.79 Å². The fraction of sp³-hybridized carbons (Fsp3) is 0.150. The van der Waals surface area contributed by atoms with E-state index in [9.17, 15) is 4.79 Å². The van der Waals surface area contributed by atoms with Crippen LogP contribution in [0.4, 0.5) is 0 Å². The number of aliphatic carboxylic acids is 1. The summed E-state index contributed by atoms with van der Waals surface area (Å²) in [6.45, 7) is 0. The van der Waals surface area contributed by atoms with Crippen LogP contribution in [0.15, 0.2) is 42.5 Å². The quantitative estimate of drug-likeness (QED) is 0.560. The zero-order valence-corrected chi connectivity index (χ0v) is 14.2. The van der Waals surface area contributed by atoms with E-state index in [2.05, 4.69) is 0 Å². The van der Waals surface area contributed by atoms with Crippen molar-refractivity contribution in [1.29, 1.82) is 0 Å². The molecule has 0 aromatic heterocycles. The van der Waals surface area contributed by atoms with E-state index < -0.39 is 5.97 Å². The third kappa shape index (κ3) is 3.08. The van der Waals surface area contributed by atoms with Crippen molar-refractivity contribution in [2.45, 2.75) is 0 Å². The van der Waals surface area contributed by atoms with Crippen LogP contribution in [0, 0.1) is 0 Å². The lowest BCUT2D eigenvalue weighted by Gasteiger charge is -2.14. The Morgan fingerprint density at radius 2 is 1.56 bits per heavy atom. The molecule has 0 aliphatic carbocycles. The van der Waals surface area contributed by atoms with E-state index in [1.165, 1.54) is 0 Å². The largest absolute Gasteiger partial charge is 0.497 e. The van der Waals surface area contributed by atoms with Gasteiger partial charge in [0.1, 0.15) is 5.75 Å². The van der Waals surface area contributed by atoms with E-state index in [-0.39, 0.29) is 0 Å². The predicted molar refractivity (Wildman–Crippen MR) is 97.8 cm³/mol. The minimum atomic E-state index is -0.997. The molecule has 0 saturated heterocycles. The number of hydrogen-bond donors (Lipinski definition) is 1. The number of carboxylic acid groups (broad SMARTS) is 1. The van der Waals surface area contributed by atoms with Crippen molar-refractivity contribution in [2.75, 3.05) is 21.3 Å². The van der Waals surface area contributed by atoms with Crippen molar-refractivity contribution in [2.24, 2.45) is 0 Å². The molecule has 0 unspecified atom stereocenters. The first-order chi connectivity index (χ1) is 12.1. The second-order valence-corrected chi connectivity index (χ2v) is 5.48. The van der Waals surface area contributed by atoms with Crippen molar-refractivity contribution in [1.82, 2.24) is 0 Å². The Hall–Kier alpha value is -3.21. The van der Waals surface area contributed by atoms with Gasteiger partial charge in [-0.2, -0.15) is 0 Å². The number of ether oxygens (including phenoxy) is 3. The minimum absolute atomic E-state index is 0.585. The normalized spacial score (nSPS) is 11.2. The fourth-order valence-corrected chi connectivity index (χ4v) is 2.91. The first-order valence-corrected chi connectivity index (χ1v) is 7.65. The molecule has 0 aliphatic rings. The molecule has 5 heteroatoms. The second-order valence-electron chi connectivity index (χ2n) is 5.48. The third-order valence-electron chi connectivity index (χ3n) is 4.10. The summed E-state index contributed by atoms with van der Waals surface area (Å²) >= 11 is 0. The molecule has 0 bridgehead atoms. The molecule has 1 N–H and O–H groups in total. The Morgan fingerprint density at radius 1 is 0.880 bits per heavy atom. The van der Waals surface area contributed by atoms with Crippen LogP contribution < -0.4 is 14.2 Å². The van der Waals surface area contributed by atoms with E-state index in [0.717, 1.165) is 38.9 Å². The van der Waals surface area contributed by atoms with Gasteiger partial charge in [-0.15, -0.1) is 0 Å². The summed E-state index contributed by atoms with van der Waals surface area (Å²) in [5, 5.41) is 12.7. The Morgan fingerprint density at radius 3 is 2.16 bits per heavy atom. The molecule has 3 aromatic rings. The molecular formula is C20H18O5. The Kier molecular flexibility index (Phi) is 4.48. The number of carboxylic acids is 1. The SMILES string of the molecule is COc1ccc2cc(/C=C/C(=O)O)c3cc(OC)c(OC)cc3c2c1. The Bertz CT molecular complexity index is 988. The van der Waals surface area contributed by atoms with Crippen LogP contribution in [0.1, 0.15) is 5.56 Å². The van der Waals surface area contributed by atoms with Gasteiger partial charge in [0.05, 0.1) is 21.3 Å². The second kappa shape index (κ2) is 6.73. The maximum Gasteiger partial charge on any atom is 0.328 e. The summed E-state index contributed by atoms with van der Waals surface area (Å²) in [6, 6.07) is 11.5. The molecule has 3 rings (SSSR count). The number of methoxy groups -OCH3 is 3. The summed E-state index contributed by atoms with van der Waals surface area (Å²) < 4.78 is 16.1. The topological polar surface area (TPSA) is 65.0 Å². The molecule has 5 nitrogen and oxygen atoms in total. The Balaban J connectivity index is 2.43. The molecular weight excluding hydrogens is 320 g/mol. The lowest BCUT2D eigenvalue weighted by Crippen LogP contribution is -1.93. The van der Waals surface area contributed by atoms with Gasteiger partial charge >= 0.3 is 5.97 Å². The molecule has 0 atom stereocenters. The van der Waals surface area contributed by atoms with E-state index in [1.807, 2.05) is 36.4 Å². The molecule has 0 heterocycles. The highest BCUT2D eigenvalue weighted by Gasteiger charge is 2.12. The zero-order valence-electron chi connectivity index (χ0n) is 14.2. The van der Waals surface area contributed by atoms with Crippen molar-refractivity contribution in [3.63, 3.8) is 0 Å². The maximum atomic E-state index is 10.9. The lowest BCUT2D eigenvalue weighted by atomic mass is 9.96. The van der Waals surface area contributed by atoms with Crippen molar-refractivity contribution >= 4 is 33.6 Å². The summed E-state index contributed by atoms with van der Waals surface area (Å²) in [7, 11) is 4.78. The molecule has 0 radical (unpaired) electrons. The van der Waals surface area contributed by atoms with Gasteiger partial charge in [-0.1, -0.05) is 6.07 Å². The highest BCUT2D eigenvalue weighted by Crippen LogP contribution is 2.39. The van der Waals surface area contributed by atoms with E-state index in [0.29, 0.717) is 11.5 Å². The van der Waals surface area contributed by atoms with Crippen LogP contribution in [-0.4, -0.2) is 32.4 Å². The van der Waals surface area contributed by atoms with Crippen molar-refractivity contribution < 1.29 is 24.1 Å². The zero-order chi connectivity index (χ0) is 18.0. The summed E-state index contributed by atoms with van der Waals surface area (Å²) in [5.41, 5.74) is 0.788. The molecule has 3 aromatic carbocycles. The number of hydrogen-bond acceptors (Lipinski definition) is 4.